The van der Waals surface area contributed by atoms with Crippen LogP contribution in [0.25, 0.3) is 6.08 Å². The van der Waals surface area contributed by atoms with Crippen molar-refractivity contribution in [1.82, 2.24) is 10.3 Å². The maximum atomic E-state index is 11.7. The largest absolute Gasteiger partial charge is 0.384 e. The molecule has 20 heavy (non-hydrogen) atoms. The Kier molecular flexibility index (Phi) is 4.69. The molecule has 0 saturated carbocycles. The van der Waals surface area contributed by atoms with Crippen LogP contribution in [0.4, 0.5) is 0 Å². The normalized spacial score (nSPS) is 14.3. The molecule has 4 nitrogen and oxygen atoms in total. The summed E-state index contributed by atoms with van der Waals surface area (Å²) in [6.07, 6.45) is 3.09. The third kappa shape index (κ3) is 4.00. The lowest BCUT2D eigenvalue weighted by Gasteiger charge is -2.22. The Bertz CT molecular complexity index is 600. The number of carbonyl (C=O) groups excluding carboxylic acids is 1. The molecule has 0 aliphatic heterocycles. The Balaban J connectivity index is 1.88. The second-order valence-electron chi connectivity index (χ2n) is 4.63. The third-order valence-corrected chi connectivity index (χ3v) is 4.27. The minimum Gasteiger partial charge on any atom is -0.384 e. The van der Waals surface area contributed by atoms with Gasteiger partial charge in [0.2, 0.25) is 5.91 Å². The summed E-state index contributed by atoms with van der Waals surface area (Å²) in [4.78, 5) is 15.9. The molecular weight excluding hydrogens is 292 g/mol. The summed E-state index contributed by atoms with van der Waals surface area (Å²) in [6.45, 7) is 3.77. The Morgan fingerprint density at radius 1 is 1.55 bits per heavy atom. The molecule has 0 aliphatic rings. The standard InChI is InChI=1S/C14H16N2O2S2/c1-10-16-12(8-20-10)3-4-13(17)15-9-14(2,18)11-5-6-19-7-11/h3-8,18H,9H2,1-2H3,(H,15,17). The van der Waals surface area contributed by atoms with Crippen LogP contribution in [0.1, 0.15) is 23.2 Å². The summed E-state index contributed by atoms with van der Waals surface area (Å²) >= 11 is 3.06. The van der Waals surface area contributed by atoms with Gasteiger partial charge in [0.15, 0.2) is 0 Å². The lowest BCUT2D eigenvalue weighted by molar-refractivity contribution is -0.117. The molecule has 0 saturated heterocycles. The van der Waals surface area contributed by atoms with E-state index in [0.29, 0.717) is 0 Å². The van der Waals surface area contributed by atoms with Gasteiger partial charge in [0, 0.05) is 11.5 Å². The lowest BCUT2D eigenvalue weighted by atomic mass is 9.99. The average Bonchev–Trinajstić information content (AvgIpc) is 3.05. The molecule has 0 aromatic carbocycles. The summed E-state index contributed by atoms with van der Waals surface area (Å²) in [6, 6.07) is 1.85. The summed E-state index contributed by atoms with van der Waals surface area (Å²) in [5, 5.41) is 19.6. The van der Waals surface area contributed by atoms with Crippen molar-refractivity contribution >= 4 is 34.7 Å². The molecule has 2 aromatic heterocycles. The lowest BCUT2D eigenvalue weighted by Crippen LogP contribution is -2.37. The molecule has 2 N–H and O–H groups in total. The third-order valence-electron chi connectivity index (χ3n) is 2.79. The number of rotatable bonds is 5. The highest BCUT2D eigenvalue weighted by Crippen LogP contribution is 2.21. The number of aliphatic hydroxyl groups is 1. The quantitative estimate of drug-likeness (QED) is 0.835. The maximum absolute atomic E-state index is 11.7. The van der Waals surface area contributed by atoms with E-state index in [4.69, 9.17) is 0 Å². The van der Waals surface area contributed by atoms with Crippen LogP contribution >= 0.6 is 22.7 Å². The van der Waals surface area contributed by atoms with Gasteiger partial charge in [-0.05, 0) is 42.3 Å². The van der Waals surface area contributed by atoms with Crippen molar-refractivity contribution in [2.75, 3.05) is 6.54 Å². The first-order valence-corrected chi connectivity index (χ1v) is 7.93. The van der Waals surface area contributed by atoms with E-state index in [2.05, 4.69) is 10.3 Å². The van der Waals surface area contributed by atoms with Crippen LogP contribution in [0.15, 0.2) is 28.3 Å². The number of thiazole rings is 1. The first-order chi connectivity index (χ1) is 9.47. The topological polar surface area (TPSA) is 62.2 Å². The number of aromatic nitrogens is 1. The zero-order chi connectivity index (χ0) is 14.6. The van der Waals surface area contributed by atoms with Gasteiger partial charge in [-0.15, -0.1) is 11.3 Å². The molecule has 0 aliphatic carbocycles. The van der Waals surface area contributed by atoms with Gasteiger partial charge in [-0.3, -0.25) is 4.79 Å². The first kappa shape index (κ1) is 14.9. The fourth-order valence-corrected chi connectivity index (χ4v) is 2.97. The van der Waals surface area contributed by atoms with Crippen LogP contribution < -0.4 is 5.32 Å². The summed E-state index contributed by atoms with van der Waals surface area (Å²) < 4.78 is 0. The minimum absolute atomic E-state index is 0.170. The van der Waals surface area contributed by atoms with Gasteiger partial charge in [0.25, 0.3) is 0 Å². The van der Waals surface area contributed by atoms with E-state index < -0.39 is 5.60 Å². The van der Waals surface area contributed by atoms with Crippen molar-refractivity contribution < 1.29 is 9.90 Å². The van der Waals surface area contributed by atoms with Gasteiger partial charge in [-0.25, -0.2) is 4.98 Å². The molecule has 1 atom stereocenters. The number of nitrogens with one attached hydrogen (secondary N) is 1. The molecule has 2 rings (SSSR count). The summed E-state index contributed by atoms with van der Waals surface area (Å²) in [5.74, 6) is -0.244. The van der Waals surface area contributed by atoms with Crippen LogP contribution in [0.2, 0.25) is 0 Å². The van der Waals surface area contributed by atoms with Crippen molar-refractivity contribution in [3.63, 3.8) is 0 Å². The van der Waals surface area contributed by atoms with E-state index >= 15 is 0 Å². The number of thiophene rings is 1. The molecule has 106 valence electrons. The molecule has 1 unspecified atom stereocenters. The highest BCUT2D eigenvalue weighted by atomic mass is 32.1. The maximum Gasteiger partial charge on any atom is 0.244 e. The predicted molar refractivity (Wildman–Crippen MR) is 82.8 cm³/mol. The Morgan fingerprint density at radius 3 is 2.95 bits per heavy atom. The Hall–Kier alpha value is -1.50. The molecule has 0 spiro atoms. The zero-order valence-corrected chi connectivity index (χ0v) is 12.9. The fourth-order valence-electron chi connectivity index (χ4n) is 1.61. The highest BCUT2D eigenvalue weighted by Gasteiger charge is 2.23. The number of aryl methyl sites for hydroxylation is 1. The predicted octanol–water partition coefficient (Wildman–Crippen LogP) is 2.55. The van der Waals surface area contributed by atoms with Crippen molar-refractivity contribution in [2.45, 2.75) is 19.4 Å². The van der Waals surface area contributed by atoms with E-state index in [1.807, 2.05) is 29.1 Å². The molecule has 0 bridgehead atoms. The number of amides is 1. The number of hydrogen-bond donors (Lipinski definition) is 2. The van der Waals surface area contributed by atoms with Gasteiger partial charge >= 0.3 is 0 Å². The van der Waals surface area contributed by atoms with Crippen molar-refractivity contribution in [2.24, 2.45) is 0 Å². The fraction of sp³-hybridized carbons (Fsp3) is 0.286. The van der Waals surface area contributed by atoms with Gasteiger partial charge in [-0.1, -0.05) is 0 Å². The molecule has 0 radical (unpaired) electrons. The van der Waals surface area contributed by atoms with Gasteiger partial charge in [0.05, 0.1) is 17.2 Å². The summed E-state index contributed by atoms with van der Waals surface area (Å²) in [5.41, 5.74) is 0.523. The second-order valence-corrected chi connectivity index (χ2v) is 6.47. The van der Waals surface area contributed by atoms with Crippen LogP contribution in [0.3, 0.4) is 0 Å². The average molecular weight is 308 g/mol. The van der Waals surface area contributed by atoms with Crippen molar-refractivity contribution in [3.05, 3.63) is 44.5 Å². The van der Waals surface area contributed by atoms with Crippen molar-refractivity contribution in [3.8, 4) is 0 Å². The van der Waals surface area contributed by atoms with E-state index in [1.54, 1.807) is 13.0 Å². The van der Waals surface area contributed by atoms with Crippen LogP contribution in [-0.4, -0.2) is 22.5 Å². The van der Waals surface area contributed by atoms with Crippen LogP contribution in [0, 0.1) is 6.92 Å². The number of carbonyl (C=O) groups is 1. The monoisotopic (exact) mass is 308 g/mol. The second kappa shape index (κ2) is 6.30. The van der Waals surface area contributed by atoms with Gasteiger partial charge in [0.1, 0.15) is 5.60 Å². The Labute approximate surface area is 125 Å². The molecule has 2 aromatic rings. The van der Waals surface area contributed by atoms with E-state index in [1.165, 1.54) is 28.7 Å². The SMILES string of the molecule is Cc1nc(C=CC(=O)NCC(C)(O)c2ccsc2)cs1. The molecule has 0 fully saturated rings. The van der Waals surface area contributed by atoms with Gasteiger partial charge < -0.3 is 10.4 Å². The highest BCUT2D eigenvalue weighted by molar-refractivity contribution is 7.09. The van der Waals surface area contributed by atoms with E-state index in [0.717, 1.165) is 16.3 Å². The van der Waals surface area contributed by atoms with E-state index in [9.17, 15) is 9.90 Å². The summed E-state index contributed by atoms with van der Waals surface area (Å²) in [7, 11) is 0. The van der Waals surface area contributed by atoms with Crippen LogP contribution in [0.5, 0.6) is 0 Å². The molecular formula is C14H16N2O2S2. The number of nitrogens with zero attached hydrogens (tertiary/aromatic N) is 1. The number of hydrogen-bond acceptors (Lipinski definition) is 5. The first-order valence-electron chi connectivity index (χ1n) is 6.10. The van der Waals surface area contributed by atoms with Crippen LogP contribution in [-0.2, 0) is 10.4 Å². The molecule has 2 heterocycles. The van der Waals surface area contributed by atoms with Gasteiger partial charge in [-0.2, -0.15) is 11.3 Å². The Morgan fingerprint density at radius 2 is 2.35 bits per heavy atom. The van der Waals surface area contributed by atoms with E-state index in [-0.39, 0.29) is 12.5 Å². The van der Waals surface area contributed by atoms with Crippen molar-refractivity contribution in [1.29, 1.82) is 0 Å². The molecule has 1 amide bonds. The minimum atomic E-state index is -1.05. The zero-order valence-electron chi connectivity index (χ0n) is 11.3. The molecule has 6 heteroatoms. The smallest absolute Gasteiger partial charge is 0.244 e.